The fourth-order valence-corrected chi connectivity index (χ4v) is 4.77. The summed E-state index contributed by atoms with van der Waals surface area (Å²) in [5.74, 6) is 1.83. The van der Waals surface area contributed by atoms with Crippen LogP contribution in [0.1, 0.15) is 120 Å². The molecular formula is C42H72B3NO9. The summed E-state index contributed by atoms with van der Waals surface area (Å²) in [6.45, 7) is 21.6. The monoisotopic (exact) mass is 768 g/mol. The van der Waals surface area contributed by atoms with Crippen LogP contribution in [0, 0.1) is 16.2 Å². The maximum absolute atomic E-state index is 9.52. The van der Waals surface area contributed by atoms with Crippen molar-refractivity contribution in [2.75, 3.05) is 19.8 Å². The smallest absolute Gasteiger partial charge is 0.512 e. The number of unbranched alkanes of at least 4 members (excludes halogenated alkanes) is 3. The van der Waals surface area contributed by atoms with Crippen LogP contribution in [-0.4, -0.2) is 56.9 Å². The zero-order valence-electron chi connectivity index (χ0n) is 35.4. The Morgan fingerprint density at radius 2 is 0.600 bits per heavy atom. The predicted molar refractivity (Wildman–Crippen MR) is 228 cm³/mol. The molecule has 0 bridgehead atoms. The lowest BCUT2D eigenvalue weighted by Crippen LogP contribution is -2.26. The van der Waals surface area contributed by atoms with E-state index < -0.39 is 22.0 Å². The van der Waals surface area contributed by atoms with Crippen molar-refractivity contribution in [1.82, 2.24) is 6.15 Å². The van der Waals surface area contributed by atoms with Crippen molar-refractivity contribution in [2.45, 2.75) is 120 Å². The van der Waals surface area contributed by atoms with Crippen LogP contribution in [0.5, 0.6) is 17.2 Å². The third-order valence-corrected chi connectivity index (χ3v) is 7.68. The molecule has 55 heavy (non-hydrogen) atoms. The van der Waals surface area contributed by atoms with Gasteiger partial charge in [0.25, 0.3) is 0 Å². The highest BCUT2D eigenvalue weighted by molar-refractivity contribution is 6.36. The van der Waals surface area contributed by atoms with Crippen molar-refractivity contribution < 1.29 is 43.0 Å². The van der Waals surface area contributed by atoms with Crippen LogP contribution in [0.15, 0.2) is 91.0 Å². The number of hydrogen-bond donors (Lipinski definition) is 4. The highest BCUT2D eigenvalue weighted by Gasteiger charge is 2.20. The van der Waals surface area contributed by atoms with Crippen LogP contribution < -0.4 is 20.1 Å². The lowest BCUT2D eigenvalue weighted by atomic mass is 9.90. The largest absolute Gasteiger partial charge is 0.710 e. The minimum atomic E-state index is -1.18. The second-order valence-electron chi connectivity index (χ2n) is 16.9. The van der Waals surface area contributed by atoms with E-state index in [1.165, 1.54) is 0 Å². The fourth-order valence-electron chi connectivity index (χ4n) is 4.77. The predicted octanol–water partition coefficient (Wildman–Crippen LogP) is 9.99. The fraction of sp³-hybridized carbons (Fsp3) is 0.571. The molecule has 10 nitrogen and oxygen atoms in total. The van der Waals surface area contributed by atoms with Gasteiger partial charge in [0.05, 0.1) is 0 Å². The first-order chi connectivity index (χ1) is 25.4. The first kappa shape index (κ1) is 52.0. The van der Waals surface area contributed by atoms with E-state index in [2.05, 4.69) is 62.3 Å². The summed E-state index contributed by atoms with van der Waals surface area (Å²) in [7, 11) is -3.54. The number of hydrogen-bond acceptors (Lipinski definition) is 10. The molecule has 0 heterocycles. The van der Waals surface area contributed by atoms with Gasteiger partial charge in [-0.2, -0.15) is 0 Å². The van der Waals surface area contributed by atoms with Gasteiger partial charge in [0.1, 0.15) is 17.2 Å². The van der Waals surface area contributed by atoms with E-state index in [1.807, 2.05) is 54.6 Å². The van der Waals surface area contributed by atoms with Gasteiger partial charge in [0, 0.05) is 19.8 Å². The third kappa shape index (κ3) is 34.0. The van der Waals surface area contributed by atoms with Crippen molar-refractivity contribution in [3.05, 3.63) is 91.0 Å². The van der Waals surface area contributed by atoms with Crippen LogP contribution in [-0.2, 0) is 14.0 Å². The standard InChI is InChI=1S/3C14H23BO3.H3N/c3*1-14(2,3)11-7-8-12-17-15(16)18-13-9-5-4-6-10-13;/h3*4-6,9-10,16H,7-8,11-12H2,1-3H3;1H3. The van der Waals surface area contributed by atoms with E-state index in [1.54, 1.807) is 36.4 Å². The first-order valence-corrected chi connectivity index (χ1v) is 19.5. The van der Waals surface area contributed by atoms with Gasteiger partial charge in [-0.1, -0.05) is 136 Å². The maximum Gasteiger partial charge on any atom is 0.710 e. The molecule has 0 saturated carbocycles. The molecule has 0 aromatic heterocycles. The molecule has 0 saturated heterocycles. The first-order valence-electron chi connectivity index (χ1n) is 19.5. The Labute approximate surface area is 334 Å². The van der Waals surface area contributed by atoms with Crippen LogP contribution in [0.3, 0.4) is 0 Å². The van der Waals surface area contributed by atoms with Gasteiger partial charge < -0.3 is 49.1 Å². The summed E-state index contributed by atoms with van der Waals surface area (Å²) in [6, 6.07) is 27.5. The summed E-state index contributed by atoms with van der Waals surface area (Å²) in [5.41, 5.74) is 1.08. The molecule has 0 amide bonds. The van der Waals surface area contributed by atoms with Gasteiger partial charge in [-0.15, -0.1) is 0 Å². The summed E-state index contributed by atoms with van der Waals surface area (Å²) >= 11 is 0. The molecular weight excluding hydrogens is 695 g/mol. The van der Waals surface area contributed by atoms with Gasteiger partial charge >= 0.3 is 22.0 Å². The molecule has 0 atom stereocenters. The average Bonchev–Trinajstić information content (AvgIpc) is 3.08. The molecule has 6 N–H and O–H groups in total. The number of rotatable bonds is 21. The van der Waals surface area contributed by atoms with E-state index in [9.17, 15) is 15.1 Å². The Bertz CT molecular complexity index is 1130. The molecule has 0 fully saturated rings. The molecule has 0 aliphatic carbocycles. The van der Waals surface area contributed by atoms with Crippen LogP contribution in [0.2, 0.25) is 0 Å². The second-order valence-corrected chi connectivity index (χ2v) is 16.9. The molecule has 3 rings (SSSR count). The zero-order valence-corrected chi connectivity index (χ0v) is 35.4. The third-order valence-electron chi connectivity index (χ3n) is 7.68. The van der Waals surface area contributed by atoms with Crippen molar-refractivity contribution >= 4 is 22.0 Å². The highest BCUT2D eigenvalue weighted by atomic mass is 16.7. The Morgan fingerprint density at radius 3 is 0.800 bits per heavy atom. The Balaban J connectivity index is 0.000000788. The van der Waals surface area contributed by atoms with E-state index in [0.717, 1.165) is 57.8 Å². The van der Waals surface area contributed by atoms with Gasteiger partial charge in [0.2, 0.25) is 0 Å². The van der Waals surface area contributed by atoms with E-state index >= 15 is 0 Å². The average molecular weight is 767 g/mol. The van der Waals surface area contributed by atoms with Crippen molar-refractivity contribution in [1.29, 1.82) is 0 Å². The van der Waals surface area contributed by atoms with Gasteiger partial charge in [-0.25, -0.2) is 0 Å². The van der Waals surface area contributed by atoms with Crippen LogP contribution in [0.4, 0.5) is 0 Å². The molecule has 3 aromatic carbocycles. The normalized spacial score (nSPS) is 11.1. The minimum Gasteiger partial charge on any atom is -0.512 e. The Morgan fingerprint density at radius 1 is 0.382 bits per heavy atom. The molecule has 3 aromatic rings. The van der Waals surface area contributed by atoms with Crippen molar-refractivity contribution in [3.63, 3.8) is 0 Å². The zero-order chi connectivity index (χ0) is 40.3. The van der Waals surface area contributed by atoms with Crippen molar-refractivity contribution in [2.24, 2.45) is 16.2 Å². The van der Waals surface area contributed by atoms with Crippen LogP contribution >= 0.6 is 0 Å². The molecule has 13 heteroatoms. The Kier molecular flexibility index (Phi) is 27.6. The molecule has 308 valence electrons. The van der Waals surface area contributed by atoms with E-state index in [0.29, 0.717) is 53.3 Å². The lowest BCUT2D eigenvalue weighted by molar-refractivity contribution is 0.185. The van der Waals surface area contributed by atoms with E-state index in [4.69, 9.17) is 27.9 Å². The quantitative estimate of drug-likeness (QED) is 0.0609. The van der Waals surface area contributed by atoms with Gasteiger partial charge in [-0.3, -0.25) is 0 Å². The summed E-state index contributed by atoms with van der Waals surface area (Å²) < 4.78 is 31.2. The maximum atomic E-state index is 9.52. The number of para-hydroxylation sites is 3. The number of benzene rings is 3. The molecule has 0 spiro atoms. The summed E-state index contributed by atoms with van der Waals surface area (Å²) in [4.78, 5) is 0. The minimum absolute atomic E-state index is 0. The van der Waals surface area contributed by atoms with Crippen LogP contribution in [0.25, 0.3) is 0 Å². The van der Waals surface area contributed by atoms with E-state index in [-0.39, 0.29) is 6.15 Å². The lowest BCUT2D eigenvalue weighted by Gasteiger charge is -2.17. The molecule has 0 aliphatic heterocycles. The van der Waals surface area contributed by atoms with Crippen molar-refractivity contribution in [3.8, 4) is 17.2 Å². The second kappa shape index (κ2) is 29.2. The summed E-state index contributed by atoms with van der Waals surface area (Å²) in [5, 5.41) is 28.6. The molecule has 0 aliphatic rings. The molecule has 0 unspecified atom stereocenters. The highest BCUT2D eigenvalue weighted by Crippen LogP contribution is 2.23. The van der Waals surface area contributed by atoms with Gasteiger partial charge in [-0.05, 0) is 91.2 Å². The van der Waals surface area contributed by atoms with Gasteiger partial charge in [0.15, 0.2) is 0 Å². The Hall–Kier alpha value is -3.03. The topological polar surface area (TPSA) is 151 Å². The SMILES string of the molecule is CC(C)(C)CCCCOB(O)Oc1ccccc1.CC(C)(C)CCCCOB(O)Oc1ccccc1.CC(C)(C)CCCCOB(O)Oc1ccccc1.N. The summed E-state index contributed by atoms with van der Waals surface area (Å²) in [6.07, 6.45) is 9.58. The molecule has 0 radical (unpaired) electrons.